The Bertz CT molecular complexity index is 1070. The lowest BCUT2D eigenvalue weighted by molar-refractivity contribution is 0.287. The zero-order chi connectivity index (χ0) is 18.6. The van der Waals surface area contributed by atoms with Crippen molar-refractivity contribution in [3.05, 3.63) is 68.1 Å². The SMILES string of the molecule is Cc1cc(C)cc(N2COc3c(cc4c(C)c(C)c(=O)oc4c3C)C2)c1. The molecule has 0 amide bonds. The van der Waals surface area contributed by atoms with Crippen LogP contribution in [0, 0.1) is 34.6 Å². The number of nitrogens with zero attached hydrogens (tertiary/aromatic N) is 1. The number of anilines is 1. The Balaban J connectivity index is 1.84. The van der Waals surface area contributed by atoms with E-state index in [4.69, 9.17) is 9.15 Å². The number of ether oxygens (including phenoxy) is 1. The molecule has 26 heavy (non-hydrogen) atoms. The van der Waals surface area contributed by atoms with Crippen LogP contribution in [-0.2, 0) is 6.54 Å². The number of aryl methyl sites for hydroxylation is 4. The molecule has 3 aromatic rings. The molecule has 4 rings (SSSR count). The van der Waals surface area contributed by atoms with Crippen molar-refractivity contribution in [1.82, 2.24) is 0 Å². The summed E-state index contributed by atoms with van der Waals surface area (Å²) in [5.74, 6) is 0.838. The average molecular weight is 349 g/mol. The second kappa shape index (κ2) is 5.90. The van der Waals surface area contributed by atoms with E-state index >= 15 is 0 Å². The summed E-state index contributed by atoms with van der Waals surface area (Å²) in [4.78, 5) is 14.3. The maximum atomic E-state index is 12.1. The van der Waals surface area contributed by atoms with E-state index in [1.807, 2.05) is 20.8 Å². The smallest absolute Gasteiger partial charge is 0.339 e. The molecule has 0 saturated carbocycles. The normalized spacial score (nSPS) is 13.7. The van der Waals surface area contributed by atoms with Gasteiger partial charge in [0.05, 0.1) is 0 Å². The molecule has 4 nitrogen and oxygen atoms in total. The summed E-state index contributed by atoms with van der Waals surface area (Å²) in [6, 6.07) is 8.65. The second-order valence-electron chi connectivity index (χ2n) is 7.32. The van der Waals surface area contributed by atoms with Gasteiger partial charge >= 0.3 is 5.63 Å². The van der Waals surface area contributed by atoms with Crippen LogP contribution < -0.4 is 15.3 Å². The summed E-state index contributed by atoms with van der Waals surface area (Å²) in [5, 5.41) is 0.990. The fourth-order valence-electron chi connectivity index (χ4n) is 3.80. The Morgan fingerprint density at radius 1 is 0.885 bits per heavy atom. The zero-order valence-corrected chi connectivity index (χ0v) is 15.9. The van der Waals surface area contributed by atoms with Crippen LogP contribution in [-0.4, -0.2) is 6.73 Å². The highest BCUT2D eigenvalue weighted by atomic mass is 16.5. The Kier molecular flexibility index (Phi) is 3.79. The third-order valence-corrected chi connectivity index (χ3v) is 5.30. The topological polar surface area (TPSA) is 42.7 Å². The van der Waals surface area contributed by atoms with Crippen LogP contribution in [0.5, 0.6) is 5.75 Å². The van der Waals surface area contributed by atoms with Crippen molar-refractivity contribution in [2.75, 3.05) is 11.6 Å². The Hall–Kier alpha value is -2.75. The van der Waals surface area contributed by atoms with Gasteiger partial charge in [0.25, 0.3) is 0 Å². The molecule has 0 unspecified atom stereocenters. The van der Waals surface area contributed by atoms with Gasteiger partial charge in [-0.1, -0.05) is 6.07 Å². The van der Waals surface area contributed by atoms with Crippen molar-refractivity contribution in [1.29, 1.82) is 0 Å². The Labute approximate surface area is 153 Å². The van der Waals surface area contributed by atoms with Gasteiger partial charge in [-0.3, -0.25) is 0 Å². The Morgan fingerprint density at radius 2 is 1.58 bits per heavy atom. The third-order valence-electron chi connectivity index (χ3n) is 5.30. The summed E-state index contributed by atoms with van der Waals surface area (Å²) >= 11 is 0. The first-order valence-corrected chi connectivity index (χ1v) is 8.87. The molecule has 0 fully saturated rings. The standard InChI is InChI=1S/C22H23NO3/c1-12-6-13(2)8-18(7-12)23-10-17-9-19-14(3)15(4)22(24)26-21(19)16(5)20(17)25-11-23/h6-9H,10-11H2,1-5H3. The van der Waals surface area contributed by atoms with Crippen LogP contribution in [0.25, 0.3) is 11.0 Å². The van der Waals surface area contributed by atoms with E-state index in [0.717, 1.165) is 34.4 Å². The molecule has 134 valence electrons. The molecule has 1 aliphatic heterocycles. The molecule has 1 aliphatic rings. The van der Waals surface area contributed by atoms with Gasteiger partial charge in [-0.25, -0.2) is 4.79 Å². The quantitative estimate of drug-likeness (QED) is 0.598. The first-order chi connectivity index (χ1) is 12.3. The maximum absolute atomic E-state index is 12.1. The van der Waals surface area contributed by atoms with Crippen LogP contribution in [0.4, 0.5) is 5.69 Å². The summed E-state index contributed by atoms with van der Waals surface area (Å²) in [7, 11) is 0. The zero-order valence-electron chi connectivity index (χ0n) is 15.9. The van der Waals surface area contributed by atoms with Crippen molar-refractivity contribution in [2.45, 2.75) is 41.2 Å². The van der Waals surface area contributed by atoms with Gasteiger partial charge in [-0.2, -0.15) is 0 Å². The fraction of sp³-hybridized carbons (Fsp3) is 0.318. The number of rotatable bonds is 1. The van der Waals surface area contributed by atoms with Gasteiger partial charge in [-0.05, 0) is 69.5 Å². The molecular formula is C22H23NO3. The first-order valence-electron chi connectivity index (χ1n) is 8.87. The molecule has 0 aliphatic carbocycles. The summed E-state index contributed by atoms with van der Waals surface area (Å²) in [5.41, 5.74) is 7.68. The van der Waals surface area contributed by atoms with Crippen molar-refractivity contribution in [3.8, 4) is 5.75 Å². The van der Waals surface area contributed by atoms with Crippen LogP contribution >= 0.6 is 0 Å². The molecule has 2 heterocycles. The van der Waals surface area contributed by atoms with E-state index < -0.39 is 0 Å². The van der Waals surface area contributed by atoms with Gasteiger partial charge in [0.15, 0.2) is 6.73 Å². The predicted octanol–water partition coefficient (Wildman–Crippen LogP) is 4.69. The number of hydrogen-bond acceptors (Lipinski definition) is 4. The molecule has 2 aromatic carbocycles. The van der Waals surface area contributed by atoms with Gasteiger partial charge in [0, 0.05) is 34.3 Å². The lowest BCUT2D eigenvalue weighted by Crippen LogP contribution is -2.32. The Morgan fingerprint density at radius 3 is 2.27 bits per heavy atom. The van der Waals surface area contributed by atoms with Crippen molar-refractivity contribution >= 4 is 16.7 Å². The van der Waals surface area contributed by atoms with E-state index in [-0.39, 0.29) is 5.63 Å². The maximum Gasteiger partial charge on any atom is 0.339 e. The largest absolute Gasteiger partial charge is 0.472 e. The molecule has 0 radical (unpaired) electrons. The minimum Gasteiger partial charge on any atom is -0.472 e. The monoisotopic (exact) mass is 349 g/mol. The molecular weight excluding hydrogens is 326 g/mol. The molecule has 0 spiro atoms. The number of hydrogen-bond donors (Lipinski definition) is 0. The second-order valence-corrected chi connectivity index (χ2v) is 7.32. The minimum atomic E-state index is -0.272. The third kappa shape index (κ3) is 2.57. The summed E-state index contributed by atoms with van der Waals surface area (Å²) < 4.78 is 11.6. The van der Waals surface area contributed by atoms with Crippen LogP contribution in [0.3, 0.4) is 0 Å². The lowest BCUT2D eigenvalue weighted by Gasteiger charge is -2.32. The first kappa shape index (κ1) is 16.7. The van der Waals surface area contributed by atoms with Gasteiger partial charge < -0.3 is 14.1 Å². The molecule has 4 heteroatoms. The molecule has 0 bridgehead atoms. The molecule has 0 N–H and O–H groups in total. The van der Waals surface area contributed by atoms with Gasteiger partial charge in [0.1, 0.15) is 11.3 Å². The van der Waals surface area contributed by atoms with Crippen LogP contribution in [0.15, 0.2) is 33.5 Å². The van der Waals surface area contributed by atoms with Gasteiger partial charge in [0.2, 0.25) is 0 Å². The van der Waals surface area contributed by atoms with E-state index in [0.29, 0.717) is 17.9 Å². The van der Waals surface area contributed by atoms with Crippen molar-refractivity contribution < 1.29 is 9.15 Å². The minimum absolute atomic E-state index is 0.272. The fourth-order valence-corrected chi connectivity index (χ4v) is 3.80. The average Bonchev–Trinajstić information content (AvgIpc) is 2.60. The van der Waals surface area contributed by atoms with Crippen LogP contribution in [0.2, 0.25) is 0 Å². The lowest BCUT2D eigenvalue weighted by atomic mass is 9.99. The highest BCUT2D eigenvalue weighted by molar-refractivity contribution is 5.87. The molecule has 1 aromatic heterocycles. The van der Waals surface area contributed by atoms with Crippen molar-refractivity contribution in [3.63, 3.8) is 0 Å². The van der Waals surface area contributed by atoms with E-state index in [2.05, 4.69) is 43.0 Å². The number of fused-ring (bicyclic) bond motifs is 2. The highest BCUT2D eigenvalue weighted by Crippen LogP contribution is 2.37. The van der Waals surface area contributed by atoms with E-state index in [1.54, 1.807) is 0 Å². The highest BCUT2D eigenvalue weighted by Gasteiger charge is 2.23. The predicted molar refractivity (Wildman–Crippen MR) is 104 cm³/mol. The van der Waals surface area contributed by atoms with Crippen LogP contribution in [0.1, 0.15) is 33.4 Å². The van der Waals surface area contributed by atoms with E-state index in [1.165, 1.54) is 16.8 Å². The summed E-state index contributed by atoms with van der Waals surface area (Å²) in [6.45, 7) is 11.2. The van der Waals surface area contributed by atoms with Gasteiger partial charge in [-0.15, -0.1) is 0 Å². The summed E-state index contributed by atoms with van der Waals surface area (Å²) in [6.07, 6.45) is 0. The van der Waals surface area contributed by atoms with E-state index in [9.17, 15) is 4.79 Å². The molecule has 0 atom stereocenters. The molecule has 0 saturated heterocycles. The number of benzene rings is 2. The van der Waals surface area contributed by atoms with Crippen molar-refractivity contribution in [2.24, 2.45) is 0 Å².